The van der Waals surface area contributed by atoms with E-state index in [-0.39, 0.29) is 17.0 Å². The first kappa shape index (κ1) is 26.7. The quantitative estimate of drug-likeness (QED) is 0.320. The number of hydrogen-bond acceptors (Lipinski definition) is 6. The number of anilines is 1. The number of para-hydroxylation sites is 1. The molecule has 0 bridgehead atoms. The lowest BCUT2D eigenvalue weighted by Crippen LogP contribution is -2.43. The van der Waals surface area contributed by atoms with Gasteiger partial charge in [0.2, 0.25) is 0 Å². The third-order valence-corrected chi connectivity index (χ3v) is 7.61. The summed E-state index contributed by atoms with van der Waals surface area (Å²) in [6.07, 6.45) is 0. The van der Waals surface area contributed by atoms with Crippen LogP contribution in [0.5, 0.6) is 0 Å². The minimum Gasteiger partial charge on any atom is -0.478 e. The molecule has 5 rings (SSSR count). The van der Waals surface area contributed by atoms with Gasteiger partial charge in [0.25, 0.3) is 0 Å². The largest absolute Gasteiger partial charge is 0.478 e. The summed E-state index contributed by atoms with van der Waals surface area (Å²) in [6.45, 7) is 10.9. The van der Waals surface area contributed by atoms with Crippen molar-refractivity contribution in [3.8, 4) is 11.3 Å². The van der Waals surface area contributed by atoms with Gasteiger partial charge in [-0.25, -0.2) is 4.79 Å². The fourth-order valence-corrected chi connectivity index (χ4v) is 5.30. The van der Waals surface area contributed by atoms with Crippen LogP contribution in [-0.2, 0) is 6.54 Å². The summed E-state index contributed by atoms with van der Waals surface area (Å²) in [4.78, 5) is 30.1. The van der Waals surface area contributed by atoms with Crippen LogP contribution in [0.2, 0.25) is 0 Å². The Labute approximate surface area is 228 Å². The zero-order valence-corrected chi connectivity index (χ0v) is 23.0. The molecule has 1 saturated heterocycles. The first-order chi connectivity index (χ1) is 18.7. The van der Waals surface area contributed by atoms with Crippen LogP contribution in [0.3, 0.4) is 0 Å². The monoisotopic (exact) mass is 525 g/mol. The predicted octanol–water partition coefficient (Wildman–Crippen LogP) is 5.70. The Bertz CT molecular complexity index is 1570. The van der Waals surface area contributed by atoms with Crippen LogP contribution >= 0.6 is 0 Å². The third-order valence-electron chi connectivity index (χ3n) is 7.61. The van der Waals surface area contributed by atoms with Crippen molar-refractivity contribution >= 4 is 22.6 Å². The SMILES string of the molecule is Cc1cc([C@@H](C)Nc2ccccc2C(=O)O)c2oc(-c3ccc(CN4CCN(C)CC4)cc3)c(C)c(=O)c2c1. The van der Waals surface area contributed by atoms with Crippen molar-refractivity contribution in [3.63, 3.8) is 0 Å². The lowest BCUT2D eigenvalue weighted by molar-refractivity contribution is 0.0698. The van der Waals surface area contributed by atoms with Crippen LogP contribution in [-0.4, -0.2) is 54.1 Å². The molecule has 7 heteroatoms. The highest BCUT2D eigenvalue weighted by atomic mass is 16.4. The number of piperazine rings is 1. The average molecular weight is 526 g/mol. The van der Waals surface area contributed by atoms with Crippen molar-refractivity contribution < 1.29 is 14.3 Å². The van der Waals surface area contributed by atoms with Gasteiger partial charge >= 0.3 is 5.97 Å². The minimum absolute atomic E-state index is 0.0594. The summed E-state index contributed by atoms with van der Waals surface area (Å²) in [7, 11) is 2.16. The third kappa shape index (κ3) is 5.60. The van der Waals surface area contributed by atoms with E-state index in [0.717, 1.165) is 49.4 Å². The standard InChI is InChI=1S/C32H35N3O4/c1-20-17-26(22(3)33-28-8-6-5-7-25(28)32(37)38)31-27(18-20)29(36)21(2)30(39-31)24-11-9-23(10-12-24)19-35-15-13-34(4)14-16-35/h5-12,17-18,22,33H,13-16,19H2,1-4H3,(H,37,38)/t22-/m1/s1. The molecule has 0 aliphatic carbocycles. The number of likely N-dealkylation sites (N-methyl/N-ethyl adjacent to an activating group) is 1. The number of carbonyl (C=O) groups is 1. The number of nitrogens with one attached hydrogen (secondary N) is 1. The van der Waals surface area contributed by atoms with Gasteiger partial charge in [-0.15, -0.1) is 0 Å². The summed E-state index contributed by atoms with van der Waals surface area (Å²) in [5, 5.41) is 13.5. The van der Waals surface area contributed by atoms with E-state index < -0.39 is 5.97 Å². The van der Waals surface area contributed by atoms with E-state index in [1.54, 1.807) is 24.3 Å². The Morgan fingerprint density at radius 3 is 2.41 bits per heavy atom. The number of carboxylic acids is 1. The van der Waals surface area contributed by atoms with Crippen LogP contribution in [0.4, 0.5) is 5.69 Å². The van der Waals surface area contributed by atoms with Crippen molar-refractivity contribution in [1.29, 1.82) is 0 Å². The summed E-state index contributed by atoms with van der Waals surface area (Å²) in [6, 6.07) is 18.6. The molecule has 1 aliphatic heterocycles. The van der Waals surface area contributed by atoms with Gasteiger partial charge in [-0.1, -0.05) is 42.5 Å². The van der Waals surface area contributed by atoms with Crippen LogP contribution in [0.1, 0.15) is 45.6 Å². The van der Waals surface area contributed by atoms with Gasteiger partial charge in [-0.05, 0) is 57.1 Å². The lowest BCUT2D eigenvalue weighted by Gasteiger charge is -2.32. The van der Waals surface area contributed by atoms with E-state index in [0.29, 0.717) is 28.0 Å². The number of carboxylic acid groups (broad SMARTS) is 1. The van der Waals surface area contributed by atoms with Crippen LogP contribution in [0.25, 0.3) is 22.3 Å². The van der Waals surface area contributed by atoms with E-state index in [1.807, 2.05) is 45.0 Å². The first-order valence-corrected chi connectivity index (χ1v) is 13.4. The highest BCUT2D eigenvalue weighted by Gasteiger charge is 2.21. The van der Waals surface area contributed by atoms with Gasteiger partial charge in [-0.3, -0.25) is 9.69 Å². The maximum atomic E-state index is 13.5. The molecule has 2 heterocycles. The fourth-order valence-electron chi connectivity index (χ4n) is 5.30. The van der Waals surface area contributed by atoms with Crippen LogP contribution in [0.15, 0.2) is 69.9 Å². The van der Waals surface area contributed by atoms with E-state index in [9.17, 15) is 14.7 Å². The number of nitrogens with zero attached hydrogens (tertiary/aromatic N) is 2. The Kier molecular flexibility index (Phi) is 7.55. The second-order valence-electron chi connectivity index (χ2n) is 10.6. The first-order valence-electron chi connectivity index (χ1n) is 13.4. The van der Waals surface area contributed by atoms with Crippen molar-refractivity contribution in [1.82, 2.24) is 9.80 Å². The molecule has 39 heavy (non-hydrogen) atoms. The van der Waals surface area contributed by atoms with Crippen molar-refractivity contribution in [2.24, 2.45) is 0 Å². The zero-order chi connectivity index (χ0) is 27.7. The maximum Gasteiger partial charge on any atom is 0.337 e. The number of benzene rings is 3. The molecule has 7 nitrogen and oxygen atoms in total. The van der Waals surface area contributed by atoms with Gasteiger partial charge < -0.3 is 19.7 Å². The summed E-state index contributed by atoms with van der Waals surface area (Å²) in [5.41, 5.74) is 5.56. The molecule has 4 aromatic rings. The molecule has 202 valence electrons. The van der Waals surface area contributed by atoms with Crippen molar-refractivity contribution in [2.45, 2.75) is 33.4 Å². The molecule has 0 saturated carbocycles. The smallest absolute Gasteiger partial charge is 0.337 e. The number of hydrogen-bond donors (Lipinski definition) is 2. The van der Waals surface area contributed by atoms with E-state index >= 15 is 0 Å². The van der Waals surface area contributed by atoms with Crippen LogP contribution < -0.4 is 10.7 Å². The number of fused-ring (bicyclic) bond motifs is 1. The van der Waals surface area contributed by atoms with Gasteiger partial charge in [0.15, 0.2) is 5.43 Å². The van der Waals surface area contributed by atoms with Crippen molar-refractivity contribution in [3.05, 3.63) is 98.7 Å². The molecule has 2 N–H and O–H groups in total. The molecule has 1 fully saturated rings. The Hall–Kier alpha value is -3.94. The molecule has 1 aliphatic rings. The molecule has 3 aromatic carbocycles. The molecule has 1 aromatic heterocycles. The second kappa shape index (κ2) is 11.0. The van der Waals surface area contributed by atoms with Gasteiger partial charge in [0, 0.05) is 55.1 Å². The Morgan fingerprint density at radius 2 is 1.72 bits per heavy atom. The predicted molar refractivity (Wildman–Crippen MR) is 156 cm³/mol. The topological polar surface area (TPSA) is 86.0 Å². The number of rotatable bonds is 7. The number of aromatic carboxylic acids is 1. The lowest BCUT2D eigenvalue weighted by atomic mass is 9.98. The Morgan fingerprint density at radius 1 is 1.03 bits per heavy atom. The van der Waals surface area contributed by atoms with Gasteiger partial charge in [0.05, 0.1) is 17.0 Å². The second-order valence-corrected chi connectivity index (χ2v) is 10.6. The molecule has 0 radical (unpaired) electrons. The van der Waals surface area contributed by atoms with Crippen molar-refractivity contribution in [2.75, 3.05) is 38.5 Å². The molecule has 0 spiro atoms. The van der Waals surface area contributed by atoms with Gasteiger partial charge in [0.1, 0.15) is 11.3 Å². The molecular weight excluding hydrogens is 490 g/mol. The average Bonchev–Trinajstić information content (AvgIpc) is 2.92. The maximum absolute atomic E-state index is 13.5. The molecule has 1 atom stereocenters. The van der Waals surface area contributed by atoms with E-state index in [4.69, 9.17) is 4.42 Å². The number of aryl methyl sites for hydroxylation is 1. The molecule has 0 amide bonds. The zero-order valence-electron chi connectivity index (χ0n) is 23.0. The molecule has 0 unspecified atom stereocenters. The normalized spacial score (nSPS) is 15.4. The van der Waals surface area contributed by atoms with Crippen LogP contribution in [0, 0.1) is 13.8 Å². The summed E-state index contributed by atoms with van der Waals surface area (Å²) >= 11 is 0. The fraction of sp³-hybridized carbons (Fsp3) is 0.312. The highest BCUT2D eigenvalue weighted by Crippen LogP contribution is 2.33. The highest BCUT2D eigenvalue weighted by molar-refractivity contribution is 5.94. The summed E-state index contributed by atoms with van der Waals surface area (Å²) < 4.78 is 6.51. The van der Waals surface area contributed by atoms with Gasteiger partial charge in [-0.2, -0.15) is 0 Å². The molecular formula is C32H35N3O4. The summed E-state index contributed by atoms with van der Waals surface area (Å²) in [5.74, 6) is -0.443. The Balaban J connectivity index is 1.50. The van der Waals surface area contributed by atoms with E-state index in [1.165, 1.54) is 5.56 Å². The van der Waals surface area contributed by atoms with E-state index in [2.05, 4.69) is 34.3 Å². The minimum atomic E-state index is -1.00.